The van der Waals surface area contributed by atoms with Gasteiger partial charge in [0.2, 0.25) is 0 Å². The maximum Gasteiger partial charge on any atom is 0.0439 e. The highest BCUT2D eigenvalue weighted by atomic mass is 35.5. The topological polar surface area (TPSA) is 26.0 Å². The van der Waals surface area contributed by atoms with Crippen molar-refractivity contribution in [3.8, 4) is 0 Å². The van der Waals surface area contributed by atoms with Crippen LogP contribution in [0.2, 0.25) is 10.0 Å². The quantitative estimate of drug-likeness (QED) is 0.833. The Bertz CT molecular complexity index is 405. The number of hydrogen-bond acceptors (Lipinski definition) is 2. The van der Waals surface area contributed by atoms with Crippen LogP contribution in [-0.4, -0.2) is 17.0 Å². The summed E-state index contributed by atoms with van der Waals surface area (Å²) >= 11 is 14.2. The normalized spacial score (nSPS) is 18.5. The van der Waals surface area contributed by atoms with E-state index in [9.17, 15) is 0 Å². The first kappa shape index (κ1) is 15.5. The van der Waals surface area contributed by atoms with E-state index < -0.39 is 0 Å². The summed E-state index contributed by atoms with van der Waals surface area (Å²) in [6, 6.07) is 5.74. The SMILES string of the molecule is NC(CSC1CCCCC1)Cc1cc(Cl)ccc1Cl. The van der Waals surface area contributed by atoms with Crippen LogP contribution in [0, 0.1) is 0 Å². The zero-order valence-electron chi connectivity index (χ0n) is 11.1. The van der Waals surface area contributed by atoms with Crippen molar-refractivity contribution in [3.63, 3.8) is 0 Å². The third-order valence-electron chi connectivity index (χ3n) is 3.59. The number of halogens is 2. The summed E-state index contributed by atoms with van der Waals surface area (Å²) in [5.41, 5.74) is 7.28. The molecular weight excluding hydrogens is 297 g/mol. The minimum Gasteiger partial charge on any atom is -0.327 e. The molecule has 1 unspecified atom stereocenters. The van der Waals surface area contributed by atoms with Crippen molar-refractivity contribution in [2.75, 3.05) is 5.75 Å². The molecule has 1 saturated carbocycles. The van der Waals surface area contributed by atoms with E-state index in [-0.39, 0.29) is 6.04 Å². The van der Waals surface area contributed by atoms with Gasteiger partial charge < -0.3 is 5.73 Å². The summed E-state index contributed by atoms with van der Waals surface area (Å²) in [6.07, 6.45) is 7.69. The summed E-state index contributed by atoms with van der Waals surface area (Å²) in [6.45, 7) is 0. The molecule has 19 heavy (non-hydrogen) atoms. The molecule has 1 nitrogen and oxygen atoms in total. The van der Waals surface area contributed by atoms with E-state index in [1.165, 1.54) is 32.1 Å². The smallest absolute Gasteiger partial charge is 0.0439 e. The largest absolute Gasteiger partial charge is 0.327 e. The van der Waals surface area contributed by atoms with Crippen LogP contribution in [-0.2, 0) is 6.42 Å². The lowest BCUT2D eigenvalue weighted by atomic mass is 10.0. The molecule has 0 radical (unpaired) electrons. The Morgan fingerprint density at radius 1 is 1.21 bits per heavy atom. The first-order chi connectivity index (χ1) is 9.15. The number of rotatable bonds is 5. The molecule has 1 aromatic rings. The molecule has 1 aromatic carbocycles. The summed E-state index contributed by atoms with van der Waals surface area (Å²) in [4.78, 5) is 0. The van der Waals surface area contributed by atoms with Crippen molar-refractivity contribution in [2.45, 2.75) is 49.8 Å². The van der Waals surface area contributed by atoms with E-state index in [1.807, 2.05) is 30.0 Å². The Kier molecular flexibility index (Phi) is 6.34. The summed E-state index contributed by atoms with van der Waals surface area (Å²) in [5, 5.41) is 2.31. The fourth-order valence-electron chi connectivity index (χ4n) is 2.53. The molecule has 1 fully saturated rings. The molecule has 1 atom stereocenters. The molecule has 4 heteroatoms. The van der Waals surface area contributed by atoms with Gasteiger partial charge in [0.1, 0.15) is 0 Å². The van der Waals surface area contributed by atoms with Crippen molar-refractivity contribution >= 4 is 35.0 Å². The number of benzene rings is 1. The molecule has 106 valence electrons. The van der Waals surface area contributed by atoms with Gasteiger partial charge in [0, 0.05) is 27.1 Å². The Morgan fingerprint density at radius 2 is 1.95 bits per heavy atom. The molecule has 0 heterocycles. The lowest BCUT2D eigenvalue weighted by Crippen LogP contribution is -2.27. The van der Waals surface area contributed by atoms with Crippen LogP contribution in [0.25, 0.3) is 0 Å². The van der Waals surface area contributed by atoms with Crippen LogP contribution >= 0.6 is 35.0 Å². The van der Waals surface area contributed by atoms with E-state index >= 15 is 0 Å². The van der Waals surface area contributed by atoms with Gasteiger partial charge in [0.15, 0.2) is 0 Å². The molecule has 0 spiro atoms. The van der Waals surface area contributed by atoms with Crippen LogP contribution < -0.4 is 5.73 Å². The van der Waals surface area contributed by atoms with Crippen molar-refractivity contribution in [1.29, 1.82) is 0 Å². The van der Waals surface area contributed by atoms with Crippen LogP contribution in [0.1, 0.15) is 37.7 Å². The van der Waals surface area contributed by atoms with Gasteiger partial charge >= 0.3 is 0 Å². The lowest BCUT2D eigenvalue weighted by Gasteiger charge is -2.22. The minimum absolute atomic E-state index is 0.155. The highest BCUT2D eigenvalue weighted by Gasteiger charge is 2.16. The molecule has 1 aliphatic carbocycles. The van der Waals surface area contributed by atoms with E-state index in [0.717, 1.165) is 33.0 Å². The predicted octanol–water partition coefficient (Wildman–Crippen LogP) is 4.93. The predicted molar refractivity (Wildman–Crippen MR) is 87.5 cm³/mol. The number of thioether (sulfide) groups is 1. The second kappa shape index (κ2) is 7.78. The molecule has 2 N–H and O–H groups in total. The molecule has 0 saturated heterocycles. The zero-order valence-corrected chi connectivity index (χ0v) is 13.4. The van der Waals surface area contributed by atoms with Gasteiger partial charge in [-0.1, -0.05) is 42.5 Å². The van der Waals surface area contributed by atoms with Crippen LogP contribution in [0.3, 0.4) is 0 Å². The second-order valence-electron chi connectivity index (χ2n) is 5.29. The number of nitrogens with two attached hydrogens (primary N) is 1. The van der Waals surface area contributed by atoms with Crippen molar-refractivity contribution < 1.29 is 0 Å². The van der Waals surface area contributed by atoms with Gasteiger partial charge in [-0.25, -0.2) is 0 Å². The van der Waals surface area contributed by atoms with E-state index in [2.05, 4.69) is 0 Å². The highest BCUT2D eigenvalue weighted by Crippen LogP contribution is 2.29. The molecule has 0 bridgehead atoms. The van der Waals surface area contributed by atoms with Crippen LogP contribution in [0.5, 0.6) is 0 Å². The average Bonchev–Trinajstić information content (AvgIpc) is 2.42. The summed E-state index contributed by atoms with van der Waals surface area (Å²) in [7, 11) is 0. The van der Waals surface area contributed by atoms with Crippen molar-refractivity contribution in [1.82, 2.24) is 0 Å². The van der Waals surface area contributed by atoms with Gasteiger partial charge in [-0.15, -0.1) is 0 Å². The average molecular weight is 318 g/mol. The summed E-state index contributed by atoms with van der Waals surface area (Å²) < 4.78 is 0. The fraction of sp³-hybridized carbons (Fsp3) is 0.600. The van der Waals surface area contributed by atoms with Gasteiger partial charge in [0.25, 0.3) is 0 Å². The van der Waals surface area contributed by atoms with Crippen molar-refractivity contribution in [3.05, 3.63) is 33.8 Å². The first-order valence-corrected chi connectivity index (χ1v) is 8.76. The molecule has 1 aliphatic rings. The molecule has 0 amide bonds. The Labute approximate surface area is 130 Å². The Balaban J connectivity index is 1.80. The number of hydrogen-bond donors (Lipinski definition) is 1. The van der Waals surface area contributed by atoms with Crippen LogP contribution in [0.15, 0.2) is 18.2 Å². The van der Waals surface area contributed by atoms with Gasteiger partial charge in [-0.05, 0) is 43.0 Å². The van der Waals surface area contributed by atoms with E-state index in [4.69, 9.17) is 28.9 Å². The fourth-order valence-corrected chi connectivity index (χ4v) is 4.23. The highest BCUT2D eigenvalue weighted by molar-refractivity contribution is 7.99. The van der Waals surface area contributed by atoms with E-state index in [0.29, 0.717) is 0 Å². The zero-order chi connectivity index (χ0) is 13.7. The molecule has 0 aromatic heterocycles. The summed E-state index contributed by atoms with van der Waals surface area (Å²) in [5.74, 6) is 1.01. The Morgan fingerprint density at radius 3 is 2.68 bits per heavy atom. The standard InChI is InChI=1S/C15H21Cl2NS/c16-12-6-7-15(17)11(8-12)9-13(18)10-19-14-4-2-1-3-5-14/h6-8,13-14H,1-5,9-10,18H2. The second-order valence-corrected chi connectivity index (χ2v) is 7.47. The minimum atomic E-state index is 0.155. The lowest BCUT2D eigenvalue weighted by molar-refractivity contribution is 0.515. The maximum absolute atomic E-state index is 6.22. The van der Waals surface area contributed by atoms with Gasteiger partial charge in [-0.3, -0.25) is 0 Å². The van der Waals surface area contributed by atoms with Crippen LogP contribution in [0.4, 0.5) is 0 Å². The molecule has 0 aliphatic heterocycles. The molecule has 2 rings (SSSR count). The van der Waals surface area contributed by atoms with Gasteiger partial charge in [-0.2, -0.15) is 11.8 Å². The third kappa shape index (κ3) is 5.18. The van der Waals surface area contributed by atoms with Gasteiger partial charge in [0.05, 0.1) is 0 Å². The maximum atomic E-state index is 6.22. The van der Waals surface area contributed by atoms with E-state index in [1.54, 1.807) is 0 Å². The third-order valence-corrected chi connectivity index (χ3v) is 5.76. The first-order valence-electron chi connectivity index (χ1n) is 6.96. The monoisotopic (exact) mass is 317 g/mol. The molecular formula is C15H21Cl2NS. The Hall–Kier alpha value is 0.110. The van der Waals surface area contributed by atoms with Crippen molar-refractivity contribution in [2.24, 2.45) is 5.73 Å².